The maximum absolute atomic E-state index is 12.2. The Labute approximate surface area is 98.9 Å². The lowest BCUT2D eigenvalue weighted by molar-refractivity contribution is 0.104. The normalized spacial score (nSPS) is 10.8. The van der Waals surface area contributed by atoms with Crippen molar-refractivity contribution in [3.63, 3.8) is 0 Å². The van der Waals surface area contributed by atoms with Gasteiger partial charge < -0.3 is 4.42 Å². The molecule has 0 atom stereocenters. The Hall–Kier alpha value is -1.35. The molecule has 0 saturated carbocycles. The van der Waals surface area contributed by atoms with Crippen LogP contribution in [-0.2, 0) is 0 Å². The lowest BCUT2D eigenvalue weighted by Gasteiger charge is -1.93. The van der Waals surface area contributed by atoms with Crippen LogP contribution < -0.4 is 0 Å². The minimum atomic E-state index is 0.0653. The summed E-state index contributed by atoms with van der Waals surface area (Å²) in [6.07, 6.45) is 0. The van der Waals surface area contributed by atoms with Gasteiger partial charge in [-0.05, 0) is 45.4 Å². The Morgan fingerprint density at radius 3 is 2.31 bits per heavy atom. The van der Waals surface area contributed by atoms with Crippen LogP contribution in [-0.4, -0.2) is 5.78 Å². The summed E-state index contributed by atoms with van der Waals surface area (Å²) in [6, 6.07) is 3.76. The Morgan fingerprint density at radius 1 is 1.19 bits per heavy atom. The molecule has 0 unspecified atom stereocenters. The van der Waals surface area contributed by atoms with Gasteiger partial charge in [-0.1, -0.05) is 0 Å². The highest BCUT2D eigenvalue weighted by atomic mass is 32.1. The smallest absolute Gasteiger partial charge is 0.206 e. The minimum Gasteiger partial charge on any atom is -0.466 e. The van der Waals surface area contributed by atoms with Crippen LogP contribution in [0.25, 0.3) is 0 Å². The molecule has 0 radical (unpaired) electrons. The molecular formula is C13H14O2S. The van der Waals surface area contributed by atoms with Gasteiger partial charge >= 0.3 is 0 Å². The first-order valence-corrected chi connectivity index (χ1v) is 5.99. The van der Waals surface area contributed by atoms with Gasteiger partial charge in [0.25, 0.3) is 0 Å². The third-order valence-corrected chi connectivity index (χ3v) is 3.83. The monoisotopic (exact) mass is 234 g/mol. The van der Waals surface area contributed by atoms with Crippen molar-refractivity contribution in [1.82, 2.24) is 0 Å². The van der Waals surface area contributed by atoms with Gasteiger partial charge in [-0.15, -0.1) is 11.3 Å². The maximum Gasteiger partial charge on any atom is 0.206 e. The highest BCUT2D eigenvalue weighted by molar-refractivity contribution is 7.14. The van der Waals surface area contributed by atoms with E-state index in [2.05, 4.69) is 0 Å². The fourth-order valence-electron chi connectivity index (χ4n) is 1.67. The molecule has 2 heterocycles. The topological polar surface area (TPSA) is 30.2 Å². The summed E-state index contributed by atoms with van der Waals surface area (Å²) in [5.74, 6) is 1.55. The number of hydrogen-bond donors (Lipinski definition) is 0. The lowest BCUT2D eigenvalue weighted by atomic mass is 10.1. The highest BCUT2D eigenvalue weighted by Crippen LogP contribution is 2.25. The Balaban J connectivity index is 2.42. The fourth-order valence-corrected chi connectivity index (χ4v) is 2.66. The van der Waals surface area contributed by atoms with Crippen LogP contribution in [0.2, 0.25) is 0 Å². The molecule has 2 nitrogen and oxygen atoms in total. The van der Waals surface area contributed by atoms with Crippen molar-refractivity contribution in [1.29, 1.82) is 0 Å². The third kappa shape index (κ3) is 1.83. The molecule has 84 valence electrons. The highest BCUT2D eigenvalue weighted by Gasteiger charge is 2.17. The molecule has 0 aliphatic carbocycles. The SMILES string of the molecule is Cc1cc(C(=O)c2cc(C)c(C)s2)c(C)o1. The Kier molecular flexibility index (Phi) is 2.72. The number of thiophene rings is 1. The van der Waals surface area contributed by atoms with Crippen LogP contribution in [0.15, 0.2) is 16.5 Å². The first kappa shape index (κ1) is 11.1. The summed E-state index contributed by atoms with van der Waals surface area (Å²) in [5.41, 5.74) is 1.85. The van der Waals surface area contributed by atoms with Crippen molar-refractivity contribution < 1.29 is 9.21 Å². The van der Waals surface area contributed by atoms with Gasteiger partial charge in [-0.3, -0.25) is 4.79 Å². The molecule has 0 spiro atoms. The largest absolute Gasteiger partial charge is 0.466 e. The van der Waals surface area contributed by atoms with Gasteiger partial charge in [-0.25, -0.2) is 0 Å². The van der Waals surface area contributed by atoms with Crippen LogP contribution in [0.5, 0.6) is 0 Å². The maximum atomic E-state index is 12.2. The summed E-state index contributed by atoms with van der Waals surface area (Å²) in [5, 5.41) is 0. The molecule has 0 saturated heterocycles. The molecule has 0 aliphatic rings. The zero-order valence-corrected chi connectivity index (χ0v) is 10.7. The van der Waals surface area contributed by atoms with Gasteiger partial charge in [0.2, 0.25) is 5.78 Å². The summed E-state index contributed by atoms with van der Waals surface area (Å²) in [4.78, 5) is 14.2. The van der Waals surface area contributed by atoms with Gasteiger partial charge in [-0.2, -0.15) is 0 Å². The fraction of sp³-hybridized carbons (Fsp3) is 0.308. The van der Waals surface area contributed by atoms with Gasteiger partial charge in [0, 0.05) is 4.88 Å². The van der Waals surface area contributed by atoms with Crippen molar-refractivity contribution in [2.75, 3.05) is 0 Å². The lowest BCUT2D eigenvalue weighted by Crippen LogP contribution is -1.98. The standard InChI is InChI=1S/C13H14O2S/c1-7-5-12(16-10(7)4)13(14)11-6-8(2)15-9(11)3/h5-6H,1-4H3. The van der Waals surface area contributed by atoms with E-state index in [4.69, 9.17) is 4.42 Å². The van der Waals surface area contributed by atoms with E-state index < -0.39 is 0 Å². The van der Waals surface area contributed by atoms with E-state index in [9.17, 15) is 4.79 Å². The summed E-state index contributed by atoms with van der Waals surface area (Å²) < 4.78 is 5.38. The average Bonchev–Trinajstić information content (AvgIpc) is 2.70. The van der Waals surface area contributed by atoms with E-state index in [-0.39, 0.29) is 5.78 Å². The van der Waals surface area contributed by atoms with Crippen LogP contribution in [0.4, 0.5) is 0 Å². The van der Waals surface area contributed by atoms with Crippen LogP contribution in [0.3, 0.4) is 0 Å². The predicted molar refractivity (Wildman–Crippen MR) is 65.4 cm³/mol. The molecule has 0 amide bonds. The number of hydrogen-bond acceptors (Lipinski definition) is 3. The quantitative estimate of drug-likeness (QED) is 0.740. The molecule has 2 aromatic rings. The number of ketones is 1. The number of carbonyl (C=O) groups excluding carboxylic acids is 1. The molecule has 16 heavy (non-hydrogen) atoms. The Bertz CT molecular complexity index is 527. The molecule has 3 heteroatoms. The summed E-state index contributed by atoms with van der Waals surface area (Å²) in [7, 11) is 0. The summed E-state index contributed by atoms with van der Waals surface area (Å²) in [6.45, 7) is 7.74. The van der Waals surface area contributed by atoms with E-state index >= 15 is 0 Å². The number of furan rings is 1. The summed E-state index contributed by atoms with van der Waals surface area (Å²) >= 11 is 1.54. The van der Waals surface area contributed by atoms with Crippen molar-refractivity contribution in [3.05, 3.63) is 44.5 Å². The Morgan fingerprint density at radius 2 is 1.88 bits per heavy atom. The zero-order chi connectivity index (χ0) is 11.9. The number of aryl methyl sites for hydroxylation is 4. The minimum absolute atomic E-state index is 0.0653. The van der Waals surface area contributed by atoms with E-state index in [0.717, 1.165) is 10.6 Å². The third-order valence-electron chi connectivity index (χ3n) is 2.68. The second-order valence-corrected chi connectivity index (χ2v) is 5.26. The van der Waals surface area contributed by atoms with E-state index in [1.807, 2.05) is 39.8 Å². The zero-order valence-electron chi connectivity index (χ0n) is 9.88. The van der Waals surface area contributed by atoms with Crippen LogP contribution in [0.1, 0.15) is 37.2 Å². The van der Waals surface area contributed by atoms with E-state index in [1.54, 1.807) is 11.3 Å². The van der Waals surface area contributed by atoms with E-state index in [0.29, 0.717) is 11.3 Å². The number of rotatable bonds is 2. The molecule has 0 fully saturated rings. The molecule has 0 bridgehead atoms. The average molecular weight is 234 g/mol. The first-order chi connectivity index (χ1) is 7.49. The molecule has 2 rings (SSSR count). The van der Waals surface area contributed by atoms with Crippen molar-refractivity contribution in [3.8, 4) is 0 Å². The van der Waals surface area contributed by atoms with Gasteiger partial charge in [0.15, 0.2) is 0 Å². The first-order valence-electron chi connectivity index (χ1n) is 5.18. The predicted octanol–water partition coefficient (Wildman–Crippen LogP) is 3.81. The molecule has 2 aromatic heterocycles. The van der Waals surface area contributed by atoms with Gasteiger partial charge in [0.05, 0.1) is 10.4 Å². The van der Waals surface area contributed by atoms with Crippen molar-refractivity contribution in [2.24, 2.45) is 0 Å². The second kappa shape index (κ2) is 3.91. The van der Waals surface area contributed by atoms with Crippen molar-refractivity contribution >= 4 is 17.1 Å². The van der Waals surface area contributed by atoms with Crippen molar-refractivity contribution in [2.45, 2.75) is 27.7 Å². The molecular weight excluding hydrogens is 220 g/mol. The van der Waals surface area contributed by atoms with Gasteiger partial charge in [0.1, 0.15) is 11.5 Å². The molecule has 0 N–H and O–H groups in total. The van der Waals surface area contributed by atoms with E-state index in [1.165, 1.54) is 10.4 Å². The molecule has 0 aromatic carbocycles. The molecule has 0 aliphatic heterocycles. The number of carbonyl (C=O) groups is 1. The van der Waals surface area contributed by atoms with Crippen LogP contribution >= 0.6 is 11.3 Å². The van der Waals surface area contributed by atoms with Crippen LogP contribution in [0, 0.1) is 27.7 Å². The second-order valence-electron chi connectivity index (χ2n) is 4.01.